The van der Waals surface area contributed by atoms with Gasteiger partial charge in [0.25, 0.3) is 0 Å². The second-order valence-corrected chi connectivity index (χ2v) is 5.52. The quantitative estimate of drug-likeness (QED) is 0.901. The first-order valence-electron chi connectivity index (χ1n) is 6.17. The molecule has 0 saturated heterocycles. The molecule has 0 radical (unpaired) electrons. The van der Waals surface area contributed by atoms with Crippen molar-refractivity contribution in [1.29, 1.82) is 0 Å². The fraction of sp³-hybridized carbons (Fsp3) is 0.188. The van der Waals surface area contributed by atoms with Crippen molar-refractivity contribution in [3.05, 3.63) is 63.6 Å². The first-order valence-corrected chi connectivity index (χ1v) is 6.96. The van der Waals surface area contributed by atoms with Gasteiger partial charge in [-0.25, -0.2) is 0 Å². The van der Waals surface area contributed by atoms with Crippen LogP contribution < -0.4 is 5.32 Å². The van der Waals surface area contributed by atoms with Crippen LogP contribution in [-0.2, 0) is 11.2 Å². The number of nitrogens with one attached hydrogen (secondary N) is 1. The average molecular weight is 318 g/mol. The van der Waals surface area contributed by atoms with Gasteiger partial charge in [0.05, 0.1) is 6.42 Å². The molecule has 98 valence electrons. The molecule has 0 unspecified atom stereocenters. The van der Waals surface area contributed by atoms with Crippen molar-refractivity contribution in [1.82, 2.24) is 0 Å². The van der Waals surface area contributed by atoms with E-state index in [9.17, 15) is 4.79 Å². The number of hydrogen-bond donors (Lipinski definition) is 1. The lowest BCUT2D eigenvalue weighted by molar-refractivity contribution is -0.115. The number of carbonyl (C=O) groups excluding carboxylic acids is 1. The second kappa shape index (κ2) is 6.02. The van der Waals surface area contributed by atoms with Gasteiger partial charge in [-0.15, -0.1) is 0 Å². The molecule has 0 spiro atoms. The van der Waals surface area contributed by atoms with E-state index in [-0.39, 0.29) is 5.91 Å². The lowest BCUT2D eigenvalue weighted by atomic mass is 10.1. The van der Waals surface area contributed by atoms with Crippen molar-refractivity contribution in [3.63, 3.8) is 0 Å². The summed E-state index contributed by atoms with van der Waals surface area (Å²) in [5.41, 5.74) is 4.18. The summed E-state index contributed by atoms with van der Waals surface area (Å²) in [6, 6.07) is 13.7. The molecule has 2 aromatic rings. The molecular formula is C16H16BrNO. The van der Waals surface area contributed by atoms with E-state index in [0.717, 1.165) is 21.3 Å². The zero-order chi connectivity index (χ0) is 13.8. The molecule has 2 aromatic carbocycles. The van der Waals surface area contributed by atoms with Crippen LogP contribution >= 0.6 is 15.9 Å². The number of carbonyl (C=O) groups is 1. The highest BCUT2D eigenvalue weighted by molar-refractivity contribution is 9.10. The Balaban J connectivity index is 2.08. The Morgan fingerprint density at radius 2 is 1.89 bits per heavy atom. The lowest BCUT2D eigenvalue weighted by Crippen LogP contribution is -2.15. The Morgan fingerprint density at radius 1 is 1.16 bits per heavy atom. The van der Waals surface area contributed by atoms with Gasteiger partial charge in [0, 0.05) is 10.2 Å². The van der Waals surface area contributed by atoms with Crippen LogP contribution in [0.2, 0.25) is 0 Å². The van der Waals surface area contributed by atoms with Gasteiger partial charge >= 0.3 is 0 Å². The Hall–Kier alpha value is -1.61. The van der Waals surface area contributed by atoms with Gasteiger partial charge in [0.15, 0.2) is 0 Å². The minimum Gasteiger partial charge on any atom is -0.326 e. The molecule has 0 bridgehead atoms. The Bertz CT molecular complexity index is 607. The molecule has 2 nitrogen and oxygen atoms in total. The van der Waals surface area contributed by atoms with Crippen molar-refractivity contribution in [2.24, 2.45) is 0 Å². The minimum absolute atomic E-state index is 0.00630. The molecule has 2 rings (SSSR count). The zero-order valence-corrected chi connectivity index (χ0v) is 12.6. The molecule has 1 amide bonds. The number of halogens is 1. The van der Waals surface area contributed by atoms with E-state index in [1.807, 2.05) is 56.3 Å². The van der Waals surface area contributed by atoms with Crippen LogP contribution in [0.3, 0.4) is 0 Å². The highest BCUT2D eigenvalue weighted by atomic mass is 79.9. The Kier molecular flexibility index (Phi) is 4.38. The maximum absolute atomic E-state index is 12.0. The molecule has 0 saturated carbocycles. The van der Waals surface area contributed by atoms with E-state index in [2.05, 4.69) is 21.2 Å². The number of hydrogen-bond acceptors (Lipinski definition) is 1. The predicted molar refractivity (Wildman–Crippen MR) is 82.4 cm³/mol. The van der Waals surface area contributed by atoms with Crippen molar-refractivity contribution in [2.45, 2.75) is 20.3 Å². The molecule has 3 heteroatoms. The number of benzene rings is 2. The van der Waals surface area contributed by atoms with E-state index in [1.165, 1.54) is 5.56 Å². The highest BCUT2D eigenvalue weighted by Crippen LogP contribution is 2.18. The van der Waals surface area contributed by atoms with Gasteiger partial charge in [0.1, 0.15) is 0 Å². The van der Waals surface area contributed by atoms with Crippen LogP contribution in [0.15, 0.2) is 46.9 Å². The van der Waals surface area contributed by atoms with Gasteiger partial charge in [-0.05, 0) is 48.7 Å². The minimum atomic E-state index is 0.00630. The van der Waals surface area contributed by atoms with E-state index in [4.69, 9.17) is 0 Å². The van der Waals surface area contributed by atoms with Crippen LogP contribution in [0.5, 0.6) is 0 Å². The van der Waals surface area contributed by atoms with Gasteiger partial charge in [-0.2, -0.15) is 0 Å². The number of amides is 1. The summed E-state index contributed by atoms with van der Waals surface area (Å²) in [6.45, 7) is 4.06. The number of aryl methyl sites for hydroxylation is 1. The third-order valence-corrected chi connectivity index (χ3v) is 3.63. The fourth-order valence-electron chi connectivity index (χ4n) is 1.91. The Morgan fingerprint density at radius 3 is 2.63 bits per heavy atom. The number of rotatable bonds is 3. The normalized spacial score (nSPS) is 10.3. The molecule has 0 aliphatic heterocycles. The molecule has 0 fully saturated rings. The molecule has 0 aromatic heterocycles. The van der Waals surface area contributed by atoms with Crippen LogP contribution in [0.25, 0.3) is 0 Å². The van der Waals surface area contributed by atoms with Gasteiger partial charge in [-0.1, -0.05) is 40.2 Å². The van der Waals surface area contributed by atoms with Crippen LogP contribution in [0.1, 0.15) is 16.7 Å². The lowest BCUT2D eigenvalue weighted by Gasteiger charge is -2.10. The van der Waals surface area contributed by atoms with Crippen molar-refractivity contribution in [3.8, 4) is 0 Å². The maximum atomic E-state index is 12.0. The van der Waals surface area contributed by atoms with Gasteiger partial charge in [-0.3, -0.25) is 4.79 Å². The average Bonchev–Trinajstić information content (AvgIpc) is 2.35. The monoisotopic (exact) mass is 317 g/mol. The molecule has 0 heterocycles. The van der Waals surface area contributed by atoms with Crippen LogP contribution in [-0.4, -0.2) is 5.91 Å². The van der Waals surface area contributed by atoms with Crippen molar-refractivity contribution >= 4 is 27.5 Å². The largest absolute Gasteiger partial charge is 0.326 e. The molecule has 19 heavy (non-hydrogen) atoms. The summed E-state index contributed by atoms with van der Waals surface area (Å²) in [4.78, 5) is 12.0. The molecule has 0 atom stereocenters. The smallest absolute Gasteiger partial charge is 0.228 e. The predicted octanol–water partition coefficient (Wildman–Crippen LogP) is 4.25. The van der Waals surface area contributed by atoms with Crippen LogP contribution in [0, 0.1) is 13.8 Å². The fourth-order valence-corrected chi connectivity index (χ4v) is 2.36. The summed E-state index contributed by atoms with van der Waals surface area (Å²) in [6.07, 6.45) is 0.382. The summed E-state index contributed by atoms with van der Waals surface area (Å²) < 4.78 is 0.990. The van der Waals surface area contributed by atoms with E-state index >= 15 is 0 Å². The third-order valence-electron chi connectivity index (χ3n) is 3.13. The van der Waals surface area contributed by atoms with Crippen molar-refractivity contribution in [2.75, 3.05) is 5.32 Å². The molecule has 0 aliphatic carbocycles. The number of anilines is 1. The van der Waals surface area contributed by atoms with Gasteiger partial charge in [0.2, 0.25) is 5.91 Å². The standard InChI is InChI=1S/C16H16BrNO/c1-11-5-3-8-15(12(11)2)18-16(19)10-13-6-4-7-14(17)9-13/h3-9H,10H2,1-2H3,(H,18,19). The zero-order valence-electron chi connectivity index (χ0n) is 11.0. The first kappa shape index (κ1) is 13.8. The summed E-state index contributed by atoms with van der Waals surface area (Å²) in [5.74, 6) is 0.00630. The highest BCUT2D eigenvalue weighted by Gasteiger charge is 2.07. The van der Waals surface area contributed by atoms with Crippen LogP contribution in [0.4, 0.5) is 5.69 Å². The molecule has 1 N–H and O–H groups in total. The second-order valence-electron chi connectivity index (χ2n) is 4.60. The maximum Gasteiger partial charge on any atom is 0.228 e. The SMILES string of the molecule is Cc1cccc(NC(=O)Cc2cccc(Br)c2)c1C. The van der Waals surface area contributed by atoms with E-state index in [1.54, 1.807) is 0 Å². The van der Waals surface area contributed by atoms with E-state index in [0.29, 0.717) is 6.42 Å². The van der Waals surface area contributed by atoms with Gasteiger partial charge < -0.3 is 5.32 Å². The third kappa shape index (κ3) is 3.67. The molecule has 0 aliphatic rings. The summed E-state index contributed by atoms with van der Waals surface area (Å²) >= 11 is 3.41. The first-order chi connectivity index (χ1) is 9.06. The van der Waals surface area contributed by atoms with E-state index < -0.39 is 0 Å². The summed E-state index contributed by atoms with van der Waals surface area (Å²) in [7, 11) is 0. The summed E-state index contributed by atoms with van der Waals surface area (Å²) in [5, 5.41) is 2.96. The topological polar surface area (TPSA) is 29.1 Å². The Labute approximate surface area is 122 Å². The van der Waals surface area contributed by atoms with Crippen molar-refractivity contribution < 1.29 is 4.79 Å². The molecular weight excluding hydrogens is 302 g/mol.